The van der Waals surface area contributed by atoms with E-state index in [2.05, 4.69) is 41.6 Å². The Morgan fingerprint density at radius 2 is 2.00 bits per heavy atom. The Morgan fingerprint density at radius 3 is 2.61 bits per heavy atom. The molecule has 0 saturated carbocycles. The van der Waals surface area contributed by atoms with Gasteiger partial charge in [-0.1, -0.05) is 17.7 Å². The number of thiazole rings is 1. The largest absolute Gasteiger partial charge is 0.327 e. The SMILES string of the molecule is Cc1ccc(SCC(N)Cc2csc(C)n2)cc1. The van der Waals surface area contributed by atoms with Crippen LogP contribution in [0.15, 0.2) is 34.5 Å². The van der Waals surface area contributed by atoms with Gasteiger partial charge in [-0.2, -0.15) is 0 Å². The molecule has 0 amide bonds. The molecule has 0 fully saturated rings. The van der Waals surface area contributed by atoms with Crippen LogP contribution in [0.1, 0.15) is 16.3 Å². The summed E-state index contributed by atoms with van der Waals surface area (Å²) in [5.41, 5.74) is 8.55. The van der Waals surface area contributed by atoms with E-state index in [0.29, 0.717) is 0 Å². The van der Waals surface area contributed by atoms with Crippen LogP contribution in [0.25, 0.3) is 0 Å². The molecule has 1 aromatic carbocycles. The van der Waals surface area contributed by atoms with Gasteiger partial charge in [-0.3, -0.25) is 0 Å². The molecular weight excluding hydrogens is 260 g/mol. The van der Waals surface area contributed by atoms with Gasteiger partial charge in [0.1, 0.15) is 0 Å². The molecule has 0 radical (unpaired) electrons. The normalized spacial score (nSPS) is 12.6. The maximum Gasteiger partial charge on any atom is 0.0897 e. The molecule has 1 atom stereocenters. The highest BCUT2D eigenvalue weighted by Gasteiger charge is 2.07. The second kappa shape index (κ2) is 6.36. The molecule has 0 saturated heterocycles. The van der Waals surface area contributed by atoms with Crippen molar-refractivity contribution in [2.24, 2.45) is 5.73 Å². The Hall–Kier alpha value is -0.840. The predicted octanol–water partition coefficient (Wildman–Crippen LogP) is 3.42. The minimum Gasteiger partial charge on any atom is -0.327 e. The summed E-state index contributed by atoms with van der Waals surface area (Å²) in [5.74, 6) is 0.930. The summed E-state index contributed by atoms with van der Waals surface area (Å²) in [5, 5.41) is 3.22. The molecule has 2 nitrogen and oxygen atoms in total. The van der Waals surface area contributed by atoms with E-state index in [-0.39, 0.29) is 6.04 Å². The molecule has 0 bridgehead atoms. The topological polar surface area (TPSA) is 38.9 Å². The molecule has 2 N–H and O–H groups in total. The first-order chi connectivity index (χ1) is 8.63. The molecule has 1 aromatic heterocycles. The van der Waals surface area contributed by atoms with Crippen LogP contribution < -0.4 is 5.73 Å². The number of thioether (sulfide) groups is 1. The van der Waals surface area contributed by atoms with Crippen LogP contribution in [0.4, 0.5) is 0 Å². The van der Waals surface area contributed by atoms with Crippen molar-refractivity contribution in [1.82, 2.24) is 4.98 Å². The Bertz CT molecular complexity index is 491. The third kappa shape index (κ3) is 4.12. The standard InChI is InChI=1S/C14H18N2S2/c1-10-3-5-14(6-4-10)18-8-12(15)7-13-9-17-11(2)16-13/h3-6,9,12H,7-8,15H2,1-2H3. The van der Waals surface area contributed by atoms with Gasteiger partial charge in [0.15, 0.2) is 0 Å². The average molecular weight is 278 g/mol. The summed E-state index contributed by atoms with van der Waals surface area (Å²) in [6.07, 6.45) is 0.864. The quantitative estimate of drug-likeness (QED) is 0.852. The number of hydrogen-bond acceptors (Lipinski definition) is 4. The monoisotopic (exact) mass is 278 g/mol. The Morgan fingerprint density at radius 1 is 1.28 bits per heavy atom. The summed E-state index contributed by atoms with van der Waals surface area (Å²) in [6, 6.07) is 8.74. The van der Waals surface area contributed by atoms with Crippen molar-refractivity contribution in [3.63, 3.8) is 0 Å². The molecule has 0 aliphatic carbocycles. The van der Waals surface area contributed by atoms with Crippen LogP contribution >= 0.6 is 23.1 Å². The third-order valence-electron chi connectivity index (χ3n) is 2.62. The lowest BCUT2D eigenvalue weighted by molar-refractivity contribution is 0.734. The van der Waals surface area contributed by atoms with Gasteiger partial charge in [0.2, 0.25) is 0 Å². The van der Waals surface area contributed by atoms with E-state index in [1.807, 2.05) is 18.7 Å². The van der Waals surface area contributed by atoms with Crippen molar-refractivity contribution < 1.29 is 0 Å². The molecule has 18 heavy (non-hydrogen) atoms. The van der Waals surface area contributed by atoms with Gasteiger partial charge in [0.25, 0.3) is 0 Å². The fourth-order valence-electron chi connectivity index (χ4n) is 1.67. The molecule has 0 aliphatic rings. The number of hydrogen-bond donors (Lipinski definition) is 1. The number of nitrogens with two attached hydrogens (primary N) is 1. The molecule has 4 heteroatoms. The number of aromatic nitrogens is 1. The van der Waals surface area contributed by atoms with Crippen molar-refractivity contribution in [2.75, 3.05) is 5.75 Å². The lowest BCUT2D eigenvalue weighted by atomic mass is 10.2. The summed E-state index contributed by atoms with van der Waals surface area (Å²) < 4.78 is 0. The molecule has 1 unspecified atom stereocenters. The zero-order chi connectivity index (χ0) is 13.0. The maximum atomic E-state index is 6.14. The van der Waals surface area contributed by atoms with Gasteiger partial charge >= 0.3 is 0 Å². The van der Waals surface area contributed by atoms with E-state index in [0.717, 1.165) is 22.9 Å². The van der Waals surface area contributed by atoms with Crippen molar-refractivity contribution in [1.29, 1.82) is 0 Å². The van der Waals surface area contributed by atoms with Crippen LogP contribution in [0.2, 0.25) is 0 Å². The number of nitrogens with zero attached hydrogens (tertiary/aromatic N) is 1. The van der Waals surface area contributed by atoms with E-state index < -0.39 is 0 Å². The van der Waals surface area contributed by atoms with Gasteiger partial charge in [-0.05, 0) is 26.0 Å². The van der Waals surface area contributed by atoms with Gasteiger partial charge in [-0.25, -0.2) is 4.98 Å². The van der Waals surface area contributed by atoms with Crippen molar-refractivity contribution in [3.8, 4) is 0 Å². The van der Waals surface area contributed by atoms with Gasteiger partial charge in [0.05, 0.1) is 10.7 Å². The van der Waals surface area contributed by atoms with Crippen molar-refractivity contribution in [2.45, 2.75) is 31.2 Å². The average Bonchev–Trinajstić information content (AvgIpc) is 2.74. The van der Waals surface area contributed by atoms with Gasteiger partial charge in [0, 0.05) is 28.5 Å². The highest BCUT2D eigenvalue weighted by molar-refractivity contribution is 7.99. The first-order valence-electron chi connectivity index (χ1n) is 5.99. The van der Waals surface area contributed by atoms with E-state index in [1.54, 1.807) is 11.3 Å². The van der Waals surface area contributed by atoms with Crippen LogP contribution in [0.3, 0.4) is 0 Å². The lowest BCUT2D eigenvalue weighted by Gasteiger charge is -2.09. The van der Waals surface area contributed by atoms with E-state index in [9.17, 15) is 0 Å². The Labute approximate surface area is 117 Å². The third-order valence-corrected chi connectivity index (χ3v) is 4.65. The summed E-state index contributed by atoms with van der Waals surface area (Å²) in [6.45, 7) is 4.13. The van der Waals surface area contributed by atoms with Crippen LogP contribution in [0.5, 0.6) is 0 Å². The molecule has 2 rings (SSSR count). The van der Waals surface area contributed by atoms with Crippen LogP contribution in [-0.2, 0) is 6.42 Å². The smallest absolute Gasteiger partial charge is 0.0897 e. The minimum atomic E-state index is 0.165. The Kier molecular flexibility index (Phi) is 4.80. The molecule has 2 aromatic rings. The predicted molar refractivity (Wildman–Crippen MR) is 80.4 cm³/mol. The van der Waals surface area contributed by atoms with Gasteiger partial charge in [-0.15, -0.1) is 23.1 Å². The number of aryl methyl sites for hydroxylation is 2. The molecule has 0 aliphatic heterocycles. The second-order valence-corrected chi connectivity index (χ2v) is 6.60. The maximum absolute atomic E-state index is 6.14. The zero-order valence-electron chi connectivity index (χ0n) is 10.7. The highest BCUT2D eigenvalue weighted by atomic mass is 32.2. The van der Waals surface area contributed by atoms with Crippen molar-refractivity contribution in [3.05, 3.63) is 45.9 Å². The van der Waals surface area contributed by atoms with Crippen LogP contribution in [0, 0.1) is 13.8 Å². The van der Waals surface area contributed by atoms with Crippen LogP contribution in [-0.4, -0.2) is 16.8 Å². The second-order valence-electron chi connectivity index (χ2n) is 4.45. The van der Waals surface area contributed by atoms with E-state index >= 15 is 0 Å². The summed E-state index contributed by atoms with van der Waals surface area (Å²) >= 11 is 3.50. The first kappa shape index (κ1) is 13.6. The molecule has 0 spiro atoms. The number of rotatable bonds is 5. The highest BCUT2D eigenvalue weighted by Crippen LogP contribution is 2.20. The molecular formula is C14H18N2S2. The number of benzene rings is 1. The minimum absolute atomic E-state index is 0.165. The molecule has 1 heterocycles. The summed E-state index contributed by atoms with van der Waals surface area (Å²) in [4.78, 5) is 5.73. The lowest BCUT2D eigenvalue weighted by Crippen LogP contribution is -2.25. The fraction of sp³-hybridized carbons (Fsp3) is 0.357. The van der Waals surface area contributed by atoms with E-state index in [1.165, 1.54) is 10.5 Å². The van der Waals surface area contributed by atoms with Crippen molar-refractivity contribution >= 4 is 23.1 Å². The van der Waals surface area contributed by atoms with E-state index in [4.69, 9.17) is 5.73 Å². The zero-order valence-corrected chi connectivity index (χ0v) is 12.4. The van der Waals surface area contributed by atoms with Gasteiger partial charge < -0.3 is 5.73 Å². The summed E-state index contributed by atoms with van der Waals surface area (Å²) in [7, 11) is 0. The fourth-order valence-corrected chi connectivity index (χ4v) is 3.15. The first-order valence-corrected chi connectivity index (χ1v) is 7.86. The molecule has 96 valence electrons. The Balaban J connectivity index is 1.81.